The molecule has 0 bridgehead atoms. The summed E-state index contributed by atoms with van der Waals surface area (Å²) in [7, 11) is 0. The zero-order valence-corrected chi connectivity index (χ0v) is 13.8. The second-order valence-electron chi connectivity index (χ2n) is 6.70. The molecule has 0 aliphatic carbocycles. The molecule has 0 aromatic carbocycles. The van der Waals surface area contributed by atoms with Gasteiger partial charge in [0.25, 0.3) is 0 Å². The quantitative estimate of drug-likeness (QED) is 0.573. The van der Waals surface area contributed by atoms with Crippen LogP contribution in [0.15, 0.2) is 0 Å². The zero-order valence-electron chi connectivity index (χ0n) is 13.8. The molecule has 0 saturated carbocycles. The molecule has 1 aliphatic rings. The SMILES string of the molecule is CCCCCCCCCC(N)CC[C@H]1COC(C)(C)O1. The van der Waals surface area contributed by atoms with Gasteiger partial charge in [-0.05, 0) is 33.1 Å². The van der Waals surface area contributed by atoms with Crippen LogP contribution in [-0.4, -0.2) is 24.5 Å². The van der Waals surface area contributed by atoms with E-state index in [1.54, 1.807) is 0 Å². The lowest BCUT2D eigenvalue weighted by atomic mass is 10.0. The van der Waals surface area contributed by atoms with Crippen molar-refractivity contribution in [1.29, 1.82) is 0 Å². The molecule has 1 fully saturated rings. The van der Waals surface area contributed by atoms with Crippen molar-refractivity contribution < 1.29 is 9.47 Å². The molecule has 3 nitrogen and oxygen atoms in total. The van der Waals surface area contributed by atoms with E-state index in [1.165, 1.54) is 44.9 Å². The Kier molecular flexibility index (Phi) is 8.74. The first-order valence-electron chi connectivity index (χ1n) is 8.61. The second kappa shape index (κ2) is 9.75. The summed E-state index contributed by atoms with van der Waals surface area (Å²) in [6.07, 6.45) is 13.0. The van der Waals surface area contributed by atoms with Crippen molar-refractivity contribution in [2.45, 2.75) is 103 Å². The normalized spacial score (nSPS) is 23.1. The van der Waals surface area contributed by atoms with Gasteiger partial charge in [-0.3, -0.25) is 0 Å². The van der Waals surface area contributed by atoms with E-state index in [4.69, 9.17) is 15.2 Å². The summed E-state index contributed by atoms with van der Waals surface area (Å²) in [5, 5.41) is 0. The molecular weight excluding hydrogens is 250 g/mol. The van der Waals surface area contributed by atoms with Crippen molar-refractivity contribution in [2.24, 2.45) is 5.73 Å². The molecule has 2 N–H and O–H groups in total. The fraction of sp³-hybridized carbons (Fsp3) is 1.00. The Morgan fingerprint density at radius 2 is 1.70 bits per heavy atom. The third-order valence-corrected chi connectivity index (χ3v) is 4.11. The van der Waals surface area contributed by atoms with Crippen LogP contribution in [-0.2, 0) is 9.47 Å². The van der Waals surface area contributed by atoms with Crippen molar-refractivity contribution in [3.63, 3.8) is 0 Å². The van der Waals surface area contributed by atoms with Crippen LogP contribution >= 0.6 is 0 Å². The minimum absolute atomic E-state index is 0.241. The maximum absolute atomic E-state index is 6.19. The summed E-state index contributed by atoms with van der Waals surface area (Å²) in [5.74, 6) is -0.396. The lowest BCUT2D eigenvalue weighted by molar-refractivity contribution is -0.139. The molecule has 3 heteroatoms. The molecule has 20 heavy (non-hydrogen) atoms. The summed E-state index contributed by atoms with van der Waals surface area (Å²) in [4.78, 5) is 0. The standard InChI is InChI=1S/C17H35NO2/c1-4-5-6-7-8-9-10-11-15(18)12-13-16-14-19-17(2,3)20-16/h15-16H,4-14,18H2,1-3H3/t15?,16-/m0/s1. The van der Waals surface area contributed by atoms with Crippen molar-refractivity contribution in [3.05, 3.63) is 0 Å². The molecule has 2 atom stereocenters. The first kappa shape index (κ1) is 17.9. The third kappa shape index (κ3) is 8.23. The first-order valence-corrected chi connectivity index (χ1v) is 8.61. The van der Waals surface area contributed by atoms with E-state index in [2.05, 4.69) is 6.92 Å². The zero-order chi connectivity index (χ0) is 14.8. The molecule has 0 aromatic heterocycles. The Hall–Kier alpha value is -0.120. The number of ether oxygens (including phenoxy) is 2. The summed E-state index contributed by atoms with van der Waals surface area (Å²) in [5.41, 5.74) is 6.19. The Labute approximate surface area is 125 Å². The minimum atomic E-state index is -0.396. The van der Waals surface area contributed by atoms with Gasteiger partial charge in [0.05, 0.1) is 12.7 Å². The fourth-order valence-electron chi connectivity index (χ4n) is 2.81. The monoisotopic (exact) mass is 285 g/mol. The van der Waals surface area contributed by atoms with Gasteiger partial charge < -0.3 is 15.2 Å². The molecule has 1 aliphatic heterocycles. The number of unbranched alkanes of at least 4 members (excludes halogenated alkanes) is 6. The predicted molar refractivity (Wildman–Crippen MR) is 84.7 cm³/mol. The van der Waals surface area contributed by atoms with Gasteiger partial charge in [-0.15, -0.1) is 0 Å². The summed E-state index contributed by atoms with van der Waals surface area (Å²) in [6.45, 7) is 6.94. The van der Waals surface area contributed by atoms with E-state index in [9.17, 15) is 0 Å². The highest BCUT2D eigenvalue weighted by Crippen LogP contribution is 2.25. The van der Waals surface area contributed by atoms with Crippen LogP contribution in [0.1, 0.15) is 85.0 Å². The molecule has 120 valence electrons. The number of nitrogens with two attached hydrogens (primary N) is 1. The average molecular weight is 285 g/mol. The van der Waals surface area contributed by atoms with E-state index < -0.39 is 5.79 Å². The number of hydrogen-bond donors (Lipinski definition) is 1. The predicted octanol–water partition coefficient (Wildman–Crippen LogP) is 4.39. The highest BCUT2D eigenvalue weighted by atomic mass is 16.7. The van der Waals surface area contributed by atoms with E-state index >= 15 is 0 Å². The van der Waals surface area contributed by atoms with Crippen LogP contribution in [0.4, 0.5) is 0 Å². The van der Waals surface area contributed by atoms with Crippen molar-refractivity contribution in [3.8, 4) is 0 Å². The molecule has 1 saturated heterocycles. The van der Waals surface area contributed by atoms with Gasteiger partial charge in [0.1, 0.15) is 0 Å². The molecule has 0 radical (unpaired) electrons. The van der Waals surface area contributed by atoms with Gasteiger partial charge in [-0.25, -0.2) is 0 Å². The van der Waals surface area contributed by atoms with Gasteiger partial charge in [-0.1, -0.05) is 51.9 Å². The van der Waals surface area contributed by atoms with Crippen LogP contribution in [0.5, 0.6) is 0 Å². The first-order chi connectivity index (χ1) is 9.53. The fourth-order valence-corrected chi connectivity index (χ4v) is 2.81. The van der Waals surface area contributed by atoms with Crippen molar-refractivity contribution in [1.82, 2.24) is 0 Å². The highest BCUT2D eigenvalue weighted by Gasteiger charge is 2.32. The van der Waals surface area contributed by atoms with Gasteiger partial charge in [-0.2, -0.15) is 0 Å². The smallest absolute Gasteiger partial charge is 0.163 e. The maximum Gasteiger partial charge on any atom is 0.163 e. The van der Waals surface area contributed by atoms with Crippen molar-refractivity contribution in [2.75, 3.05) is 6.61 Å². The third-order valence-electron chi connectivity index (χ3n) is 4.11. The molecule has 0 aromatic rings. The van der Waals surface area contributed by atoms with E-state index in [1.807, 2.05) is 13.8 Å². The molecule has 0 amide bonds. The Balaban J connectivity index is 1.92. The number of hydrogen-bond acceptors (Lipinski definition) is 3. The topological polar surface area (TPSA) is 44.5 Å². The van der Waals surface area contributed by atoms with Crippen LogP contribution in [0.2, 0.25) is 0 Å². The van der Waals surface area contributed by atoms with E-state index in [0.29, 0.717) is 6.04 Å². The van der Waals surface area contributed by atoms with Gasteiger partial charge in [0.2, 0.25) is 0 Å². The Morgan fingerprint density at radius 1 is 1.05 bits per heavy atom. The molecule has 1 rings (SSSR count). The summed E-state index contributed by atoms with van der Waals surface area (Å²) in [6, 6.07) is 0.331. The van der Waals surface area contributed by atoms with Crippen LogP contribution < -0.4 is 5.73 Å². The Morgan fingerprint density at radius 3 is 2.30 bits per heavy atom. The van der Waals surface area contributed by atoms with E-state index in [-0.39, 0.29) is 6.10 Å². The van der Waals surface area contributed by atoms with Gasteiger partial charge in [0, 0.05) is 6.04 Å². The molecule has 1 heterocycles. The van der Waals surface area contributed by atoms with Crippen molar-refractivity contribution >= 4 is 0 Å². The summed E-state index contributed by atoms with van der Waals surface area (Å²) < 4.78 is 11.4. The van der Waals surface area contributed by atoms with Crippen LogP contribution in [0.3, 0.4) is 0 Å². The molecule has 1 unspecified atom stereocenters. The minimum Gasteiger partial charge on any atom is -0.348 e. The lowest BCUT2D eigenvalue weighted by Gasteiger charge is -2.18. The lowest BCUT2D eigenvalue weighted by Crippen LogP contribution is -2.24. The second-order valence-corrected chi connectivity index (χ2v) is 6.70. The maximum atomic E-state index is 6.19. The largest absolute Gasteiger partial charge is 0.348 e. The number of rotatable bonds is 11. The van der Waals surface area contributed by atoms with Gasteiger partial charge >= 0.3 is 0 Å². The Bertz CT molecular complexity index is 243. The molecule has 0 spiro atoms. The van der Waals surface area contributed by atoms with E-state index in [0.717, 1.165) is 25.9 Å². The van der Waals surface area contributed by atoms with Gasteiger partial charge in [0.15, 0.2) is 5.79 Å². The van der Waals surface area contributed by atoms with Crippen LogP contribution in [0.25, 0.3) is 0 Å². The highest BCUT2D eigenvalue weighted by molar-refractivity contribution is 4.73. The average Bonchev–Trinajstić information content (AvgIpc) is 2.75. The molecular formula is C17H35NO2. The summed E-state index contributed by atoms with van der Waals surface area (Å²) >= 11 is 0. The van der Waals surface area contributed by atoms with Crippen LogP contribution in [0, 0.1) is 0 Å².